The molecule has 0 amide bonds. The van der Waals surface area contributed by atoms with Crippen molar-refractivity contribution in [3.05, 3.63) is 205 Å². The molecule has 7 aromatic rings. The van der Waals surface area contributed by atoms with Gasteiger partial charge in [-0.1, -0.05) is 143 Å². The van der Waals surface area contributed by atoms with E-state index in [2.05, 4.69) is 226 Å². The van der Waals surface area contributed by atoms with Crippen molar-refractivity contribution in [1.29, 1.82) is 0 Å². The normalized spacial score (nSPS) is 11.9. The third-order valence-electron chi connectivity index (χ3n) is 10.8. The Morgan fingerprint density at radius 3 is 1.05 bits per heavy atom. The molecule has 0 aliphatic rings. The van der Waals surface area contributed by atoms with Crippen molar-refractivity contribution >= 4 is 34.1 Å². The molecule has 0 N–H and O–H groups in total. The second-order valence-electron chi connectivity index (χ2n) is 16.3. The van der Waals surface area contributed by atoms with Crippen molar-refractivity contribution in [3.8, 4) is 11.1 Å². The van der Waals surface area contributed by atoms with Gasteiger partial charge in [-0.3, -0.25) is 0 Å². The molecule has 0 bridgehead atoms. The Kier molecular flexibility index (Phi) is 12.5. The van der Waals surface area contributed by atoms with Gasteiger partial charge in [-0.05, 0) is 150 Å². The monoisotopic (exact) mass is 732 g/mol. The maximum Gasteiger partial charge on any atom is 0.0462 e. The lowest BCUT2D eigenvalue weighted by Gasteiger charge is -2.26. The van der Waals surface area contributed by atoms with Gasteiger partial charge < -0.3 is 9.80 Å². The Hall–Kier alpha value is -5.86. The third-order valence-corrected chi connectivity index (χ3v) is 10.8. The van der Waals surface area contributed by atoms with Crippen LogP contribution in [-0.4, -0.2) is 0 Å². The number of hydrogen-bond donors (Lipinski definition) is 0. The van der Waals surface area contributed by atoms with Crippen LogP contribution >= 0.6 is 0 Å². The summed E-state index contributed by atoms with van der Waals surface area (Å²) in [4.78, 5) is 4.65. The number of unbranched alkanes of at least 4 members (excludes halogenated alkanes) is 1. The molecule has 0 saturated carbocycles. The largest absolute Gasteiger partial charge is 0.311 e. The quantitative estimate of drug-likeness (QED) is 0.0969. The summed E-state index contributed by atoms with van der Waals surface area (Å²) in [5.41, 5.74) is 13.9. The van der Waals surface area contributed by atoms with Gasteiger partial charge in [0.25, 0.3) is 0 Å². The summed E-state index contributed by atoms with van der Waals surface area (Å²) < 4.78 is 0. The first-order valence-electron chi connectivity index (χ1n) is 20.5. The highest BCUT2D eigenvalue weighted by Gasteiger charge is 2.19. The first-order chi connectivity index (χ1) is 27.3. The summed E-state index contributed by atoms with van der Waals surface area (Å²) >= 11 is 0. The van der Waals surface area contributed by atoms with Crippen molar-refractivity contribution in [1.82, 2.24) is 0 Å². The summed E-state index contributed by atoms with van der Waals surface area (Å²) in [5, 5.41) is 0. The zero-order chi connectivity index (χ0) is 38.7. The lowest BCUT2D eigenvalue weighted by molar-refractivity contribution is 0.335. The molecular formula is C54H56N2. The van der Waals surface area contributed by atoms with Crippen LogP contribution in [0.2, 0.25) is 0 Å². The highest BCUT2D eigenvalue weighted by atomic mass is 15.1. The van der Waals surface area contributed by atoms with E-state index < -0.39 is 0 Å². The summed E-state index contributed by atoms with van der Waals surface area (Å²) in [6.45, 7) is 9.37. The van der Waals surface area contributed by atoms with Crippen LogP contribution in [0.15, 0.2) is 188 Å². The number of nitrogens with zero attached hydrogens (tertiary/aromatic N) is 2. The lowest BCUT2D eigenvalue weighted by Crippen LogP contribution is -2.11. The molecule has 1 atom stereocenters. The number of para-hydroxylation sites is 3. The molecule has 0 aromatic heterocycles. The van der Waals surface area contributed by atoms with Gasteiger partial charge in [-0.2, -0.15) is 0 Å². The molecule has 1 unspecified atom stereocenters. The Morgan fingerprint density at radius 1 is 0.393 bits per heavy atom. The molecular weight excluding hydrogens is 677 g/mol. The Labute approximate surface area is 336 Å². The standard InChI is InChI=1S/C54H56N2/c1-5-44(41-54(2,3)4)45-29-25-42(26-30-45)17-15-16-18-43-27-35-51(36-28-43)56(50-23-13-8-14-24-50)53-39-33-47(34-40-53)46-31-37-52(38-32-46)55(48-19-9-6-10-20-48)49-21-11-7-12-22-49/h6-14,19-40,44H,5,15-18,41H2,1-4H3. The summed E-state index contributed by atoms with van der Waals surface area (Å²) in [6.07, 6.45) is 7.04. The van der Waals surface area contributed by atoms with Crippen LogP contribution in [0.5, 0.6) is 0 Å². The zero-order valence-electron chi connectivity index (χ0n) is 33.6. The van der Waals surface area contributed by atoms with E-state index in [1.807, 2.05) is 0 Å². The summed E-state index contributed by atoms with van der Waals surface area (Å²) in [6, 6.07) is 68.3. The van der Waals surface area contributed by atoms with Gasteiger partial charge in [0, 0.05) is 34.1 Å². The predicted molar refractivity (Wildman–Crippen MR) is 241 cm³/mol. The molecule has 0 spiro atoms. The smallest absolute Gasteiger partial charge is 0.0462 e. The van der Waals surface area contributed by atoms with Gasteiger partial charge in [0.2, 0.25) is 0 Å². The van der Waals surface area contributed by atoms with Gasteiger partial charge in [-0.25, -0.2) is 0 Å². The second kappa shape index (κ2) is 18.2. The van der Waals surface area contributed by atoms with Gasteiger partial charge in [0.15, 0.2) is 0 Å². The van der Waals surface area contributed by atoms with E-state index in [0.29, 0.717) is 11.3 Å². The molecule has 2 heteroatoms. The molecule has 2 nitrogen and oxygen atoms in total. The van der Waals surface area contributed by atoms with Gasteiger partial charge in [0.05, 0.1) is 0 Å². The third kappa shape index (κ3) is 9.86. The topological polar surface area (TPSA) is 6.48 Å². The second-order valence-corrected chi connectivity index (χ2v) is 16.3. The van der Waals surface area contributed by atoms with Gasteiger partial charge in [-0.15, -0.1) is 0 Å². The summed E-state index contributed by atoms with van der Waals surface area (Å²) in [5.74, 6) is 0.644. The lowest BCUT2D eigenvalue weighted by atomic mass is 9.80. The molecule has 56 heavy (non-hydrogen) atoms. The highest BCUT2D eigenvalue weighted by molar-refractivity contribution is 5.80. The molecule has 7 rings (SSSR count). The van der Waals surface area contributed by atoms with Crippen LogP contribution in [0.25, 0.3) is 11.1 Å². The van der Waals surface area contributed by atoms with Crippen molar-refractivity contribution in [2.24, 2.45) is 5.41 Å². The number of aryl methyl sites for hydroxylation is 2. The fraction of sp³-hybridized carbons (Fsp3) is 0.222. The van der Waals surface area contributed by atoms with Crippen LogP contribution in [0.4, 0.5) is 34.1 Å². The van der Waals surface area contributed by atoms with E-state index in [4.69, 9.17) is 0 Å². The van der Waals surface area contributed by atoms with Crippen LogP contribution in [-0.2, 0) is 12.8 Å². The number of rotatable bonds is 15. The van der Waals surface area contributed by atoms with Gasteiger partial charge in [0.1, 0.15) is 0 Å². The van der Waals surface area contributed by atoms with Gasteiger partial charge >= 0.3 is 0 Å². The van der Waals surface area contributed by atoms with Crippen molar-refractivity contribution in [2.45, 2.75) is 72.1 Å². The van der Waals surface area contributed by atoms with Crippen LogP contribution < -0.4 is 9.80 Å². The molecule has 0 aliphatic heterocycles. The van der Waals surface area contributed by atoms with Crippen molar-refractivity contribution < 1.29 is 0 Å². The van der Waals surface area contributed by atoms with E-state index in [9.17, 15) is 0 Å². The first-order valence-corrected chi connectivity index (χ1v) is 20.5. The number of anilines is 6. The highest BCUT2D eigenvalue weighted by Crippen LogP contribution is 2.38. The molecule has 7 aromatic carbocycles. The van der Waals surface area contributed by atoms with Crippen LogP contribution in [0, 0.1) is 5.41 Å². The molecule has 0 fully saturated rings. The SMILES string of the molecule is CCC(CC(C)(C)C)c1ccc(CCCCc2ccc(N(c3ccccc3)c3ccc(-c4ccc(N(c5ccccc5)c5ccccc5)cc4)cc3)cc2)cc1. The maximum atomic E-state index is 2.38. The fourth-order valence-corrected chi connectivity index (χ4v) is 7.90. The Bertz CT molecular complexity index is 2160. The first kappa shape index (κ1) is 38.4. The van der Waals surface area contributed by atoms with E-state index in [1.165, 1.54) is 53.5 Å². The molecule has 0 saturated heterocycles. The van der Waals surface area contributed by atoms with Crippen LogP contribution in [0.1, 0.15) is 76.0 Å². The fourth-order valence-electron chi connectivity index (χ4n) is 7.90. The molecule has 282 valence electrons. The van der Waals surface area contributed by atoms with E-state index in [0.717, 1.165) is 47.0 Å². The Morgan fingerprint density at radius 2 is 0.714 bits per heavy atom. The average Bonchev–Trinajstić information content (AvgIpc) is 3.24. The van der Waals surface area contributed by atoms with Crippen molar-refractivity contribution in [2.75, 3.05) is 9.80 Å². The molecule has 0 heterocycles. The van der Waals surface area contributed by atoms with Crippen molar-refractivity contribution in [3.63, 3.8) is 0 Å². The minimum atomic E-state index is 0.355. The maximum absolute atomic E-state index is 2.38. The average molecular weight is 733 g/mol. The minimum absolute atomic E-state index is 0.355. The number of hydrogen-bond acceptors (Lipinski definition) is 2. The predicted octanol–water partition coefficient (Wildman–Crippen LogP) is 15.8. The minimum Gasteiger partial charge on any atom is -0.311 e. The zero-order valence-corrected chi connectivity index (χ0v) is 33.6. The van der Waals surface area contributed by atoms with E-state index in [-0.39, 0.29) is 0 Å². The molecule has 0 aliphatic carbocycles. The summed E-state index contributed by atoms with van der Waals surface area (Å²) in [7, 11) is 0. The Balaban J connectivity index is 1.01. The van der Waals surface area contributed by atoms with E-state index in [1.54, 1.807) is 0 Å². The van der Waals surface area contributed by atoms with Crippen LogP contribution in [0.3, 0.4) is 0 Å². The number of benzene rings is 7. The van der Waals surface area contributed by atoms with E-state index >= 15 is 0 Å². The molecule has 0 radical (unpaired) electrons.